The highest BCUT2D eigenvalue weighted by Crippen LogP contribution is 2.38. The van der Waals surface area contributed by atoms with Crippen LogP contribution in [-0.2, 0) is 19.1 Å². The molecule has 4 nitrogen and oxygen atoms in total. The van der Waals surface area contributed by atoms with Crippen LogP contribution in [0.3, 0.4) is 0 Å². The first kappa shape index (κ1) is 16.8. The van der Waals surface area contributed by atoms with E-state index in [1.54, 1.807) is 0 Å². The van der Waals surface area contributed by atoms with Gasteiger partial charge in [0.2, 0.25) is 0 Å². The minimum absolute atomic E-state index is 0.270. The molecule has 0 heterocycles. The molecule has 2 unspecified atom stereocenters. The van der Waals surface area contributed by atoms with Gasteiger partial charge in [-0.15, -0.1) is 0 Å². The molecule has 4 heteroatoms. The number of rotatable bonds is 7. The Hall–Kier alpha value is -1.58. The van der Waals surface area contributed by atoms with Crippen LogP contribution in [0, 0.1) is 11.8 Å². The molecule has 0 spiro atoms. The van der Waals surface area contributed by atoms with Crippen molar-refractivity contribution in [3.8, 4) is 0 Å². The summed E-state index contributed by atoms with van der Waals surface area (Å²) >= 11 is 0. The Morgan fingerprint density at radius 2 is 1.09 bits per heavy atom. The molecule has 2 aliphatic carbocycles. The maximum absolute atomic E-state index is 11.8. The molecule has 0 N–H and O–H groups in total. The van der Waals surface area contributed by atoms with Crippen LogP contribution in [0.15, 0.2) is 25.3 Å². The molecular weight excluding hydrogens is 280 g/mol. The second-order valence-corrected chi connectivity index (χ2v) is 6.30. The molecule has 0 aromatic carbocycles. The maximum atomic E-state index is 11.8. The highest BCUT2D eigenvalue weighted by molar-refractivity contribution is 5.82. The molecule has 0 radical (unpaired) electrons. The smallest absolute Gasteiger partial charge is 0.330 e. The van der Waals surface area contributed by atoms with Gasteiger partial charge in [0.15, 0.2) is 0 Å². The van der Waals surface area contributed by atoms with E-state index < -0.39 is 11.9 Å². The first-order chi connectivity index (χ1) is 10.7. The lowest BCUT2D eigenvalue weighted by Gasteiger charge is -2.34. The normalized spacial score (nSPS) is 22.0. The Labute approximate surface area is 132 Å². The van der Waals surface area contributed by atoms with Crippen molar-refractivity contribution in [3.63, 3.8) is 0 Å². The van der Waals surface area contributed by atoms with Crippen LogP contribution in [0.4, 0.5) is 0 Å². The van der Waals surface area contributed by atoms with Crippen LogP contribution in [0.1, 0.15) is 51.4 Å². The van der Waals surface area contributed by atoms with E-state index in [1.807, 2.05) is 0 Å². The van der Waals surface area contributed by atoms with Crippen molar-refractivity contribution in [2.24, 2.45) is 11.8 Å². The highest BCUT2D eigenvalue weighted by Gasteiger charge is 2.41. The summed E-state index contributed by atoms with van der Waals surface area (Å²) in [7, 11) is 0. The largest absolute Gasteiger partial charge is 0.455 e. The van der Waals surface area contributed by atoms with Crippen LogP contribution in [0.2, 0.25) is 0 Å². The Bertz CT molecular complexity index is 377. The van der Waals surface area contributed by atoms with Gasteiger partial charge in [0.25, 0.3) is 0 Å². The second-order valence-electron chi connectivity index (χ2n) is 6.30. The Morgan fingerprint density at radius 1 is 0.773 bits per heavy atom. The lowest BCUT2D eigenvalue weighted by Crippen LogP contribution is -2.43. The molecule has 0 saturated heterocycles. The van der Waals surface area contributed by atoms with Crippen LogP contribution in [-0.4, -0.2) is 24.1 Å². The van der Waals surface area contributed by atoms with Crippen LogP contribution in [0.5, 0.6) is 0 Å². The number of carbonyl (C=O) groups excluding carboxylic acids is 2. The first-order valence-electron chi connectivity index (χ1n) is 8.31. The number of hydrogen-bond donors (Lipinski definition) is 0. The number of esters is 2. The van der Waals surface area contributed by atoms with Gasteiger partial charge in [0, 0.05) is 12.2 Å². The second kappa shape index (κ2) is 8.16. The van der Waals surface area contributed by atoms with Gasteiger partial charge in [-0.1, -0.05) is 38.8 Å². The predicted molar refractivity (Wildman–Crippen MR) is 84.1 cm³/mol. The quantitative estimate of drug-likeness (QED) is 0.533. The Balaban J connectivity index is 2.19. The molecule has 0 bridgehead atoms. The lowest BCUT2D eigenvalue weighted by molar-refractivity contribution is -0.171. The van der Waals surface area contributed by atoms with E-state index in [1.165, 1.54) is 12.2 Å². The zero-order chi connectivity index (χ0) is 15.9. The third-order valence-electron chi connectivity index (χ3n) is 4.89. The predicted octanol–water partition coefficient (Wildman–Crippen LogP) is 3.56. The number of ether oxygens (including phenoxy) is 2. The molecule has 2 fully saturated rings. The zero-order valence-corrected chi connectivity index (χ0v) is 13.2. The third-order valence-corrected chi connectivity index (χ3v) is 4.89. The van der Waals surface area contributed by atoms with Crippen LogP contribution in [0.25, 0.3) is 0 Å². The van der Waals surface area contributed by atoms with Gasteiger partial charge < -0.3 is 9.47 Å². The van der Waals surface area contributed by atoms with Gasteiger partial charge in [-0.05, 0) is 37.5 Å². The summed E-state index contributed by atoms with van der Waals surface area (Å²) in [6.07, 6.45) is 10.3. The van der Waals surface area contributed by atoms with Gasteiger partial charge in [-0.25, -0.2) is 9.59 Å². The maximum Gasteiger partial charge on any atom is 0.330 e. The molecule has 2 aliphatic rings. The van der Waals surface area contributed by atoms with Gasteiger partial charge in [-0.3, -0.25) is 0 Å². The molecule has 0 aromatic rings. The third kappa shape index (κ3) is 4.21. The number of carbonyl (C=O) groups is 2. The lowest BCUT2D eigenvalue weighted by atomic mass is 9.87. The molecule has 2 rings (SSSR count). The summed E-state index contributed by atoms with van der Waals surface area (Å²) in [5.41, 5.74) is 0. The highest BCUT2D eigenvalue weighted by atomic mass is 16.6. The van der Waals surface area contributed by atoms with E-state index >= 15 is 0 Å². The SMILES string of the molecule is C=CC(=O)OC(C1CCCC1)C(OC(=O)C=C)C1CCCC1. The van der Waals surface area contributed by atoms with Crippen LogP contribution >= 0.6 is 0 Å². The molecule has 2 atom stereocenters. The fourth-order valence-electron chi connectivity index (χ4n) is 3.80. The van der Waals surface area contributed by atoms with Gasteiger partial charge >= 0.3 is 11.9 Å². The Morgan fingerprint density at radius 3 is 1.36 bits per heavy atom. The van der Waals surface area contributed by atoms with Crippen molar-refractivity contribution in [1.29, 1.82) is 0 Å². The number of hydrogen-bond acceptors (Lipinski definition) is 4. The van der Waals surface area contributed by atoms with Gasteiger partial charge in [0.1, 0.15) is 12.2 Å². The molecule has 22 heavy (non-hydrogen) atoms. The molecule has 0 aliphatic heterocycles. The molecule has 0 aromatic heterocycles. The van der Waals surface area contributed by atoms with E-state index in [9.17, 15) is 9.59 Å². The summed E-state index contributed by atoms with van der Waals surface area (Å²) in [5.74, 6) is -0.330. The van der Waals surface area contributed by atoms with Gasteiger partial charge in [0.05, 0.1) is 0 Å². The fourth-order valence-corrected chi connectivity index (χ4v) is 3.80. The standard InChI is InChI=1S/C18H26O4/c1-3-15(19)21-17(13-9-5-6-10-13)18(22-16(20)4-2)14-11-7-8-12-14/h3-4,13-14,17-18H,1-2,5-12H2. The summed E-state index contributed by atoms with van der Waals surface area (Å²) in [6.45, 7) is 6.95. The average Bonchev–Trinajstić information content (AvgIpc) is 3.22. The van der Waals surface area contributed by atoms with E-state index in [0.29, 0.717) is 0 Å². The molecule has 0 amide bonds. The van der Waals surface area contributed by atoms with Crippen molar-refractivity contribution in [1.82, 2.24) is 0 Å². The summed E-state index contributed by atoms with van der Waals surface area (Å²) < 4.78 is 11.3. The monoisotopic (exact) mass is 306 g/mol. The zero-order valence-electron chi connectivity index (χ0n) is 13.2. The Kier molecular flexibility index (Phi) is 6.22. The van der Waals surface area contributed by atoms with Crippen molar-refractivity contribution < 1.29 is 19.1 Å². The van der Waals surface area contributed by atoms with Crippen molar-refractivity contribution in [2.75, 3.05) is 0 Å². The first-order valence-corrected chi connectivity index (χ1v) is 8.31. The minimum Gasteiger partial charge on any atom is -0.455 e. The average molecular weight is 306 g/mol. The molecular formula is C18H26O4. The van der Waals surface area contributed by atoms with Gasteiger partial charge in [-0.2, -0.15) is 0 Å². The summed E-state index contributed by atoms with van der Waals surface area (Å²) in [6, 6.07) is 0. The van der Waals surface area contributed by atoms with E-state index in [0.717, 1.165) is 51.4 Å². The summed E-state index contributed by atoms with van der Waals surface area (Å²) in [4.78, 5) is 23.5. The summed E-state index contributed by atoms with van der Waals surface area (Å²) in [5, 5.41) is 0. The molecule has 122 valence electrons. The minimum atomic E-state index is -0.436. The topological polar surface area (TPSA) is 52.6 Å². The van der Waals surface area contributed by atoms with Crippen molar-refractivity contribution >= 4 is 11.9 Å². The van der Waals surface area contributed by atoms with Crippen LogP contribution < -0.4 is 0 Å². The van der Waals surface area contributed by atoms with E-state index in [-0.39, 0.29) is 24.0 Å². The van der Waals surface area contributed by atoms with Crippen molar-refractivity contribution in [3.05, 3.63) is 25.3 Å². The van der Waals surface area contributed by atoms with E-state index in [4.69, 9.17) is 9.47 Å². The van der Waals surface area contributed by atoms with Crippen molar-refractivity contribution in [2.45, 2.75) is 63.6 Å². The molecule has 2 saturated carbocycles. The van der Waals surface area contributed by atoms with E-state index in [2.05, 4.69) is 13.2 Å². The fraction of sp³-hybridized carbons (Fsp3) is 0.667.